The lowest BCUT2D eigenvalue weighted by molar-refractivity contribution is 0.101. The summed E-state index contributed by atoms with van der Waals surface area (Å²) in [5.74, 6) is 0.961. The Kier molecular flexibility index (Phi) is 4.75. The van der Waals surface area contributed by atoms with Crippen molar-refractivity contribution in [2.45, 2.75) is 39.7 Å². The zero-order chi connectivity index (χ0) is 19.0. The Morgan fingerprint density at radius 3 is 2.59 bits per heavy atom. The predicted molar refractivity (Wildman–Crippen MR) is 106 cm³/mol. The average molecular weight is 363 g/mol. The molecule has 2 aromatic carbocycles. The molecule has 0 atom stereocenters. The zero-order valence-electron chi connectivity index (χ0n) is 15.9. The van der Waals surface area contributed by atoms with Crippen molar-refractivity contribution in [1.82, 2.24) is 4.90 Å². The largest absolute Gasteiger partial charge is 0.507 e. The molecule has 2 aromatic rings. The van der Waals surface area contributed by atoms with Crippen LogP contribution in [0.5, 0.6) is 11.5 Å². The van der Waals surface area contributed by atoms with E-state index in [2.05, 4.69) is 4.90 Å². The Balaban J connectivity index is 1.72. The topological polar surface area (TPSA) is 49.8 Å². The third-order valence-electron chi connectivity index (χ3n) is 5.53. The molecule has 0 saturated carbocycles. The molecule has 0 aliphatic carbocycles. The summed E-state index contributed by atoms with van der Waals surface area (Å²) < 4.78 is 6.04. The maximum atomic E-state index is 13.0. The summed E-state index contributed by atoms with van der Waals surface area (Å²) in [6.07, 6.45) is 5.41. The second-order valence-electron chi connectivity index (χ2n) is 7.53. The molecule has 2 aliphatic heterocycles. The molecule has 27 heavy (non-hydrogen) atoms. The van der Waals surface area contributed by atoms with E-state index in [0.29, 0.717) is 23.6 Å². The van der Waals surface area contributed by atoms with Gasteiger partial charge < -0.3 is 9.84 Å². The minimum absolute atomic E-state index is 0.106. The highest BCUT2D eigenvalue weighted by atomic mass is 16.5. The molecule has 0 unspecified atom stereocenters. The molecule has 1 N–H and O–H groups in total. The third-order valence-corrected chi connectivity index (χ3v) is 5.53. The Bertz CT molecular complexity index is 923. The molecule has 1 saturated heterocycles. The van der Waals surface area contributed by atoms with Gasteiger partial charge in [0, 0.05) is 6.54 Å². The first kappa shape index (κ1) is 17.8. The molecular formula is C23H25NO3. The lowest BCUT2D eigenvalue weighted by Crippen LogP contribution is -2.29. The van der Waals surface area contributed by atoms with E-state index in [-0.39, 0.29) is 11.5 Å². The number of aryl methyl sites for hydroxylation is 2. The fourth-order valence-electron chi connectivity index (χ4n) is 3.96. The number of phenolic OH excluding ortho intramolecular Hbond substituents is 1. The van der Waals surface area contributed by atoms with Crippen LogP contribution in [-0.4, -0.2) is 28.9 Å². The maximum Gasteiger partial charge on any atom is 0.232 e. The number of allylic oxidation sites excluding steroid dienone is 1. The number of carbonyl (C=O) groups excluding carboxylic acids is 1. The van der Waals surface area contributed by atoms with E-state index in [0.717, 1.165) is 35.3 Å². The Hall–Kier alpha value is -2.59. The normalized spacial score (nSPS) is 18.6. The monoisotopic (exact) mass is 363 g/mol. The van der Waals surface area contributed by atoms with Crippen molar-refractivity contribution in [1.29, 1.82) is 0 Å². The number of hydrogen-bond acceptors (Lipinski definition) is 4. The number of hydrogen-bond donors (Lipinski definition) is 1. The number of rotatable bonds is 3. The highest BCUT2D eigenvalue weighted by Crippen LogP contribution is 2.42. The van der Waals surface area contributed by atoms with Crippen LogP contribution in [0.4, 0.5) is 0 Å². The molecule has 4 heteroatoms. The molecule has 4 rings (SSSR count). The summed E-state index contributed by atoms with van der Waals surface area (Å²) >= 11 is 0. The van der Waals surface area contributed by atoms with Crippen LogP contribution in [0.1, 0.15) is 51.9 Å². The molecule has 0 aromatic heterocycles. The number of Topliss-reactive ketones (excluding diaryl/α,β-unsaturated/α-hetero) is 1. The van der Waals surface area contributed by atoms with Crippen molar-refractivity contribution < 1.29 is 14.6 Å². The SMILES string of the molecule is Cc1ccccc1/C=C1\Oc2c(CN3CCCCC3)c(O)cc(C)c2C1=O. The molecule has 1 fully saturated rings. The zero-order valence-corrected chi connectivity index (χ0v) is 15.9. The van der Waals surface area contributed by atoms with Gasteiger partial charge in [0.1, 0.15) is 11.5 Å². The molecule has 4 nitrogen and oxygen atoms in total. The predicted octanol–water partition coefficient (Wildman–Crippen LogP) is 4.61. The fourth-order valence-corrected chi connectivity index (χ4v) is 3.96. The molecule has 2 heterocycles. The Morgan fingerprint density at radius 2 is 1.85 bits per heavy atom. The van der Waals surface area contributed by atoms with Crippen LogP contribution < -0.4 is 4.74 Å². The summed E-state index contributed by atoms with van der Waals surface area (Å²) in [7, 11) is 0. The van der Waals surface area contributed by atoms with E-state index in [1.807, 2.05) is 38.1 Å². The number of benzene rings is 2. The summed E-state index contributed by atoms with van der Waals surface area (Å²) in [5.41, 5.74) is 4.11. The van der Waals surface area contributed by atoms with Crippen molar-refractivity contribution >= 4 is 11.9 Å². The molecular weight excluding hydrogens is 338 g/mol. The van der Waals surface area contributed by atoms with Gasteiger partial charge in [-0.25, -0.2) is 0 Å². The smallest absolute Gasteiger partial charge is 0.232 e. The van der Waals surface area contributed by atoms with Gasteiger partial charge in [0.05, 0.1) is 11.1 Å². The fraction of sp³-hybridized carbons (Fsp3) is 0.348. The van der Waals surface area contributed by atoms with Gasteiger partial charge in [0.25, 0.3) is 0 Å². The molecule has 0 bridgehead atoms. The van der Waals surface area contributed by atoms with E-state index in [4.69, 9.17) is 4.74 Å². The van der Waals surface area contributed by atoms with Gasteiger partial charge in [-0.15, -0.1) is 0 Å². The standard InChI is InChI=1S/C23H25NO3/c1-15-8-4-5-9-17(15)13-20-22(26)21-16(2)12-19(25)18(23(21)27-20)14-24-10-6-3-7-11-24/h4-5,8-9,12-13,25H,3,6-7,10-11,14H2,1-2H3/b20-13-. The molecule has 0 amide bonds. The van der Waals surface area contributed by atoms with E-state index >= 15 is 0 Å². The minimum Gasteiger partial charge on any atom is -0.507 e. The van der Waals surface area contributed by atoms with Crippen LogP contribution in [0.2, 0.25) is 0 Å². The van der Waals surface area contributed by atoms with Gasteiger partial charge in [-0.1, -0.05) is 30.7 Å². The van der Waals surface area contributed by atoms with Crippen LogP contribution in [0.15, 0.2) is 36.1 Å². The summed E-state index contributed by atoms with van der Waals surface area (Å²) in [6.45, 7) is 6.50. The third kappa shape index (κ3) is 3.37. The highest BCUT2D eigenvalue weighted by molar-refractivity contribution is 6.15. The second kappa shape index (κ2) is 7.20. The van der Waals surface area contributed by atoms with E-state index in [1.165, 1.54) is 19.3 Å². The van der Waals surface area contributed by atoms with Gasteiger partial charge in [-0.3, -0.25) is 9.69 Å². The number of likely N-dealkylation sites (tertiary alicyclic amines) is 1. The highest BCUT2D eigenvalue weighted by Gasteiger charge is 2.33. The van der Waals surface area contributed by atoms with E-state index in [1.54, 1.807) is 12.1 Å². The van der Waals surface area contributed by atoms with Crippen molar-refractivity contribution in [2.24, 2.45) is 0 Å². The van der Waals surface area contributed by atoms with Crippen molar-refractivity contribution in [3.63, 3.8) is 0 Å². The number of piperidine rings is 1. The second-order valence-corrected chi connectivity index (χ2v) is 7.53. The number of carbonyl (C=O) groups is 1. The number of phenols is 1. The van der Waals surface area contributed by atoms with Gasteiger partial charge in [0.15, 0.2) is 5.76 Å². The van der Waals surface area contributed by atoms with Crippen LogP contribution in [-0.2, 0) is 6.54 Å². The summed E-state index contributed by atoms with van der Waals surface area (Å²) in [6, 6.07) is 9.60. The quantitative estimate of drug-likeness (QED) is 0.809. The summed E-state index contributed by atoms with van der Waals surface area (Å²) in [5, 5.41) is 10.6. The number of aromatic hydroxyl groups is 1. The van der Waals surface area contributed by atoms with E-state index in [9.17, 15) is 9.90 Å². The van der Waals surface area contributed by atoms with Crippen LogP contribution in [0.3, 0.4) is 0 Å². The maximum absolute atomic E-state index is 13.0. The van der Waals surface area contributed by atoms with Gasteiger partial charge in [0.2, 0.25) is 5.78 Å². The van der Waals surface area contributed by atoms with Gasteiger partial charge >= 0.3 is 0 Å². The Labute approximate surface area is 160 Å². The lowest BCUT2D eigenvalue weighted by Gasteiger charge is -2.27. The molecule has 0 spiro atoms. The van der Waals surface area contributed by atoms with Gasteiger partial charge in [-0.05, 0) is 68.6 Å². The molecule has 2 aliphatic rings. The van der Waals surface area contributed by atoms with Crippen LogP contribution in [0, 0.1) is 13.8 Å². The van der Waals surface area contributed by atoms with Crippen LogP contribution in [0.25, 0.3) is 6.08 Å². The summed E-state index contributed by atoms with van der Waals surface area (Å²) in [4.78, 5) is 15.3. The van der Waals surface area contributed by atoms with Crippen molar-refractivity contribution in [3.8, 4) is 11.5 Å². The van der Waals surface area contributed by atoms with Crippen molar-refractivity contribution in [3.05, 3.63) is 63.9 Å². The minimum atomic E-state index is -0.106. The first-order valence-corrected chi connectivity index (χ1v) is 9.62. The number of ketones is 1. The molecule has 0 radical (unpaired) electrons. The number of nitrogens with zero attached hydrogens (tertiary/aromatic N) is 1. The van der Waals surface area contributed by atoms with Crippen molar-refractivity contribution in [2.75, 3.05) is 13.1 Å². The average Bonchev–Trinajstić information content (AvgIpc) is 2.98. The number of fused-ring (bicyclic) bond motifs is 1. The van der Waals surface area contributed by atoms with Crippen LogP contribution >= 0.6 is 0 Å². The molecule has 140 valence electrons. The van der Waals surface area contributed by atoms with E-state index < -0.39 is 0 Å². The first-order chi connectivity index (χ1) is 13.0. The van der Waals surface area contributed by atoms with Gasteiger partial charge in [-0.2, -0.15) is 0 Å². The first-order valence-electron chi connectivity index (χ1n) is 9.62. The Morgan fingerprint density at radius 1 is 1.11 bits per heavy atom. The number of ether oxygens (including phenoxy) is 1. The lowest BCUT2D eigenvalue weighted by atomic mass is 9.98.